The van der Waals surface area contributed by atoms with E-state index < -0.39 is 5.82 Å². The topological polar surface area (TPSA) is 54.8 Å². The molecule has 0 bridgehead atoms. The lowest BCUT2D eigenvalue weighted by Gasteiger charge is -2.19. The Morgan fingerprint density at radius 2 is 1.76 bits per heavy atom. The zero-order valence-electron chi connectivity index (χ0n) is 15.7. The smallest absolute Gasteiger partial charge is 0.282 e. The molecule has 3 aromatic rings. The lowest BCUT2D eigenvalue weighted by Crippen LogP contribution is -2.33. The largest absolute Gasteiger partial charge is 0.494 e. The number of hydrogen-bond donors (Lipinski definition) is 0. The fraction of sp³-hybridized carbons (Fsp3) is 0.0870. The van der Waals surface area contributed by atoms with Crippen molar-refractivity contribution in [2.75, 3.05) is 11.5 Å². The van der Waals surface area contributed by atoms with E-state index in [1.165, 1.54) is 11.0 Å². The first-order chi connectivity index (χ1) is 14.2. The number of amides is 1. The highest BCUT2D eigenvalue weighted by Crippen LogP contribution is 2.30. The van der Waals surface area contributed by atoms with Crippen molar-refractivity contribution in [3.05, 3.63) is 95.7 Å². The van der Waals surface area contributed by atoms with Gasteiger partial charge in [0, 0.05) is 12.4 Å². The molecular formula is C23H18FN3O2. The third-order valence-corrected chi connectivity index (χ3v) is 4.39. The van der Waals surface area contributed by atoms with Gasteiger partial charge in [0.2, 0.25) is 0 Å². The van der Waals surface area contributed by atoms with Crippen LogP contribution in [0.15, 0.2) is 83.7 Å². The third kappa shape index (κ3) is 3.78. The molecule has 0 fully saturated rings. The van der Waals surface area contributed by atoms with Crippen LogP contribution in [0.25, 0.3) is 6.08 Å². The molecule has 0 spiro atoms. The summed E-state index contributed by atoms with van der Waals surface area (Å²) in [6, 6.07) is 16.9. The van der Waals surface area contributed by atoms with Crippen LogP contribution < -0.4 is 9.64 Å². The molecule has 0 radical (unpaired) electrons. The average molecular weight is 387 g/mol. The number of halogens is 1. The van der Waals surface area contributed by atoms with E-state index >= 15 is 0 Å². The summed E-state index contributed by atoms with van der Waals surface area (Å²) >= 11 is 0. The minimum absolute atomic E-state index is 0.225. The summed E-state index contributed by atoms with van der Waals surface area (Å²) in [6.45, 7) is 2.44. The molecule has 0 saturated heterocycles. The Hall–Kier alpha value is -3.80. The van der Waals surface area contributed by atoms with Gasteiger partial charge >= 0.3 is 0 Å². The molecule has 0 unspecified atom stereocenters. The fourth-order valence-electron chi connectivity index (χ4n) is 3.06. The first kappa shape index (κ1) is 18.6. The average Bonchev–Trinajstić information content (AvgIpc) is 3.06. The van der Waals surface area contributed by atoms with Gasteiger partial charge in [0.05, 0.1) is 17.9 Å². The zero-order chi connectivity index (χ0) is 20.2. The maximum Gasteiger partial charge on any atom is 0.282 e. The quantitative estimate of drug-likeness (QED) is 0.608. The van der Waals surface area contributed by atoms with Crippen LogP contribution in [-0.2, 0) is 4.79 Å². The van der Waals surface area contributed by atoms with Gasteiger partial charge in [-0.05, 0) is 67.1 Å². The van der Waals surface area contributed by atoms with E-state index in [1.807, 2.05) is 6.92 Å². The summed E-state index contributed by atoms with van der Waals surface area (Å²) in [5.74, 6) is 0.168. The molecule has 0 saturated carbocycles. The molecule has 2 heterocycles. The minimum Gasteiger partial charge on any atom is -0.494 e. The van der Waals surface area contributed by atoms with Crippen molar-refractivity contribution in [3.63, 3.8) is 0 Å². The second-order valence-corrected chi connectivity index (χ2v) is 6.29. The molecule has 2 aromatic carbocycles. The SMILES string of the molecule is CCOc1ccc(N2C(=O)/C(=C\c3ccncc3)N=C2c2ccccc2F)cc1. The number of pyridine rings is 1. The van der Waals surface area contributed by atoms with E-state index in [0.29, 0.717) is 18.0 Å². The molecule has 0 atom stereocenters. The second kappa shape index (κ2) is 8.06. The van der Waals surface area contributed by atoms with Gasteiger partial charge in [0.1, 0.15) is 17.3 Å². The summed E-state index contributed by atoms with van der Waals surface area (Å²) in [7, 11) is 0. The molecule has 6 heteroatoms. The Balaban J connectivity index is 1.80. The van der Waals surface area contributed by atoms with Gasteiger partial charge in [0.25, 0.3) is 5.91 Å². The van der Waals surface area contributed by atoms with Gasteiger partial charge in [-0.1, -0.05) is 12.1 Å². The van der Waals surface area contributed by atoms with E-state index in [2.05, 4.69) is 9.98 Å². The number of hydrogen-bond acceptors (Lipinski definition) is 4. The van der Waals surface area contributed by atoms with E-state index in [4.69, 9.17) is 4.74 Å². The van der Waals surface area contributed by atoms with Crippen molar-refractivity contribution >= 4 is 23.5 Å². The number of anilines is 1. The third-order valence-electron chi connectivity index (χ3n) is 4.39. The van der Waals surface area contributed by atoms with Gasteiger partial charge in [-0.15, -0.1) is 0 Å². The van der Waals surface area contributed by atoms with E-state index in [0.717, 1.165) is 5.56 Å². The van der Waals surface area contributed by atoms with Crippen molar-refractivity contribution in [1.82, 2.24) is 4.98 Å². The number of benzene rings is 2. The molecule has 5 nitrogen and oxygen atoms in total. The van der Waals surface area contributed by atoms with Crippen molar-refractivity contribution in [2.45, 2.75) is 6.92 Å². The summed E-state index contributed by atoms with van der Waals surface area (Å²) in [6.07, 6.45) is 4.94. The number of rotatable bonds is 5. The number of carbonyl (C=O) groups is 1. The molecule has 4 rings (SSSR count). The lowest BCUT2D eigenvalue weighted by atomic mass is 10.1. The van der Waals surface area contributed by atoms with Crippen molar-refractivity contribution < 1.29 is 13.9 Å². The van der Waals surface area contributed by atoms with E-state index in [1.54, 1.807) is 73.1 Å². The summed E-state index contributed by atoms with van der Waals surface area (Å²) in [4.78, 5) is 23.1. The summed E-state index contributed by atoms with van der Waals surface area (Å²) in [5, 5.41) is 0. The number of ether oxygens (including phenoxy) is 1. The minimum atomic E-state index is -0.444. The Kier molecular flexibility index (Phi) is 5.16. The maximum atomic E-state index is 14.5. The molecule has 144 valence electrons. The monoisotopic (exact) mass is 387 g/mol. The van der Waals surface area contributed by atoms with Gasteiger partial charge in [-0.2, -0.15) is 0 Å². The molecule has 1 aliphatic rings. The Morgan fingerprint density at radius 3 is 2.45 bits per heavy atom. The maximum absolute atomic E-state index is 14.5. The van der Waals surface area contributed by atoms with Crippen LogP contribution in [0.1, 0.15) is 18.1 Å². The van der Waals surface area contributed by atoms with Crippen LogP contribution >= 0.6 is 0 Å². The number of amidine groups is 1. The summed E-state index contributed by atoms with van der Waals surface area (Å²) < 4.78 is 20.0. The van der Waals surface area contributed by atoms with Gasteiger partial charge in [-0.25, -0.2) is 9.38 Å². The predicted octanol–water partition coefficient (Wildman–Crippen LogP) is 4.45. The number of nitrogens with zero attached hydrogens (tertiary/aromatic N) is 3. The van der Waals surface area contributed by atoms with Crippen LogP contribution in [0.2, 0.25) is 0 Å². The zero-order valence-corrected chi connectivity index (χ0v) is 15.7. The second-order valence-electron chi connectivity index (χ2n) is 6.29. The lowest BCUT2D eigenvalue weighted by molar-refractivity contribution is -0.113. The molecule has 0 aliphatic carbocycles. The van der Waals surface area contributed by atoms with Crippen LogP contribution in [0.5, 0.6) is 5.75 Å². The van der Waals surface area contributed by atoms with Gasteiger partial charge in [-0.3, -0.25) is 14.7 Å². The molecule has 1 aromatic heterocycles. The fourth-order valence-corrected chi connectivity index (χ4v) is 3.06. The highest BCUT2D eigenvalue weighted by Gasteiger charge is 2.33. The van der Waals surface area contributed by atoms with Gasteiger partial charge in [0.15, 0.2) is 5.84 Å². The Morgan fingerprint density at radius 1 is 1.03 bits per heavy atom. The first-order valence-corrected chi connectivity index (χ1v) is 9.20. The van der Waals surface area contributed by atoms with Crippen molar-refractivity contribution in [2.24, 2.45) is 4.99 Å². The van der Waals surface area contributed by atoms with E-state index in [9.17, 15) is 9.18 Å². The number of aliphatic imine (C=N–C) groups is 1. The molecular weight excluding hydrogens is 369 g/mol. The molecule has 0 N–H and O–H groups in total. The summed E-state index contributed by atoms with van der Waals surface area (Å²) in [5.41, 5.74) is 1.85. The van der Waals surface area contributed by atoms with Crippen molar-refractivity contribution in [3.8, 4) is 5.75 Å². The number of carbonyl (C=O) groups excluding carboxylic acids is 1. The Bertz CT molecular complexity index is 1090. The number of aromatic nitrogens is 1. The molecule has 1 aliphatic heterocycles. The molecule has 29 heavy (non-hydrogen) atoms. The van der Waals surface area contributed by atoms with Crippen LogP contribution in [0.4, 0.5) is 10.1 Å². The van der Waals surface area contributed by atoms with Crippen molar-refractivity contribution in [1.29, 1.82) is 0 Å². The van der Waals surface area contributed by atoms with Gasteiger partial charge < -0.3 is 4.74 Å². The normalized spacial score (nSPS) is 15.0. The van der Waals surface area contributed by atoms with Crippen LogP contribution in [0, 0.1) is 5.82 Å². The van der Waals surface area contributed by atoms with Crippen LogP contribution in [0.3, 0.4) is 0 Å². The van der Waals surface area contributed by atoms with E-state index in [-0.39, 0.29) is 23.0 Å². The Labute approximate surface area is 167 Å². The standard InChI is InChI=1S/C23H18FN3O2/c1-2-29-18-9-7-17(8-10-18)27-22(19-5-3-4-6-20(19)24)26-21(23(27)28)15-16-11-13-25-14-12-16/h3-15H,2H2,1H3/b21-15+. The molecule has 1 amide bonds. The highest BCUT2D eigenvalue weighted by atomic mass is 19.1. The predicted molar refractivity (Wildman–Crippen MR) is 110 cm³/mol. The highest BCUT2D eigenvalue weighted by molar-refractivity contribution is 6.33. The first-order valence-electron chi connectivity index (χ1n) is 9.20. The van der Waals surface area contributed by atoms with Crippen LogP contribution in [-0.4, -0.2) is 23.3 Å².